The average Bonchev–Trinajstić information content (AvgIpc) is 3.91. The number of hydrogen-bond acceptors (Lipinski definition) is 2. The molecule has 0 amide bonds. The van der Waals surface area contributed by atoms with Gasteiger partial charge in [-0.15, -0.1) is 47.5 Å². The quantitative estimate of drug-likeness (QED) is 0.179. The smallest absolute Gasteiger partial charge is 0.508 e. The second kappa shape index (κ2) is 20.2. The summed E-state index contributed by atoms with van der Waals surface area (Å²) in [6, 6.07) is 55.2. The number of phenolic OH excluding ortho intramolecular Hbond substituents is 2. The summed E-state index contributed by atoms with van der Waals surface area (Å²) in [6.07, 6.45) is 17.0. The molecule has 2 N–H and O–H groups in total. The van der Waals surface area contributed by atoms with Crippen LogP contribution in [0.1, 0.15) is 24.0 Å². The minimum Gasteiger partial charge on any atom is -0.508 e. The summed E-state index contributed by atoms with van der Waals surface area (Å²) in [6.45, 7) is 0. The third-order valence-electron chi connectivity index (χ3n) is 7.47. The van der Waals surface area contributed by atoms with Crippen LogP contribution in [0.25, 0.3) is 33.4 Å². The van der Waals surface area contributed by atoms with E-state index in [1.165, 1.54) is 22.3 Å². The molecule has 0 saturated carbocycles. The van der Waals surface area contributed by atoms with Gasteiger partial charge < -0.3 is 10.2 Å². The summed E-state index contributed by atoms with van der Waals surface area (Å²) in [7, 11) is 0. The molecule has 0 spiro atoms. The van der Waals surface area contributed by atoms with Crippen LogP contribution >= 0.6 is 0 Å². The largest absolute Gasteiger partial charge is 2.00 e. The fourth-order valence-corrected chi connectivity index (χ4v) is 5.07. The first-order valence-electron chi connectivity index (χ1n) is 16.0. The molecule has 0 saturated heterocycles. The van der Waals surface area contributed by atoms with E-state index in [-0.39, 0.29) is 26.2 Å². The molecule has 8 rings (SSSR count). The summed E-state index contributed by atoms with van der Waals surface area (Å²) >= 11 is 0. The number of phenols is 2. The van der Waals surface area contributed by atoms with Crippen LogP contribution in [0.2, 0.25) is 0 Å². The molecule has 6 aromatic carbocycles. The molecule has 238 valence electrons. The zero-order valence-corrected chi connectivity index (χ0v) is 29.7. The summed E-state index contributed by atoms with van der Waals surface area (Å²) < 4.78 is 0. The van der Waals surface area contributed by atoms with Crippen molar-refractivity contribution in [3.8, 4) is 33.8 Å². The number of rotatable bonds is 4. The van der Waals surface area contributed by atoms with Gasteiger partial charge in [-0.1, -0.05) is 134 Å². The maximum absolute atomic E-state index is 9.27. The zero-order valence-electron chi connectivity index (χ0n) is 27.3. The molecule has 0 unspecified atom stereocenters. The van der Waals surface area contributed by atoms with Crippen LogP contribution in [-0.4, -0.2) is 10.2 Å². The molecular weight excluding hydrogens is 676 g/mol. The van der Waals surface area contributed by atoms with Gasteiger partial charge in [0.25, 0.3) is 0 Å². The van der Waals surface area contributed by atoms with Crippen molar-refractivity contribution in [1.29, 1.82) is 0 Å². The van der Waals surface area contributed by atoms with Crippen LogP contribution < -0.4 is 0 Å². The summed E-state index contributed by atoms with van der Waals surface area (Å²) in [5.74, 6) is 0.614. The first-order chi connectivity index (χ1) is 23.7. The van der Waals surface area contributed by atoms with E-state index in [1.54, 1.807) is 24.3 Å². The van der Waals surface area contributed by atoms with E-state index < -0.39 is 0 Å². The third kappa shape index (κ3) is 12.1. The van der Waals surface area contributed by atoms with Gasteiger partial charge >= 0.3 is 26.2 Å². The SMILES string of the molecule is Oc1cccc(-c2ccccc2)c1.Oc1cccc(-c2ccccc2)c1.[C-]1=C(c2ccccc2)C=CC1.[C-]1=C(c2ccccc2)C=CC1.[Zr+2]. The number of aromatic hydroxyl groups is 2. The van der Waals surface area contributed by atoms with E-state index >= 15 is 0 Å². The maximum Gasteiger partial charge on any atom is 2.00 e. The molecular formula is C46H38O2Zr. The molecule has 0 aliphatic heterocycles. The molecule has 2 aliphatic carbocycles. The molecule has 2 aliphatic rings. The van der Waals surface area contributed by atoms with Crippen molar-refractivity contribution >= 4 is 11.1 Å². The van der Waals surface area contributed by atoms with Crippen molar-refractivity contribution in [3.63, 3.8) is 0 Å². The fourth-order valence-electron chi connectivity index (χ4n) is 5.07. The molecule has 0 radical (unpaired) electrons. The minimum absolute atomic E-state index is 0. The van der Waals surface area contributed by atoms with E-state index in [0.29, 0.717) is 11.5 Å². The van der Waals surface area contributed by atoms with Gasteiger partial charge in [0, 0.05) is 0 Å². The molecule has 0 bridgehead atoms. The van der Waals surface area contributed by atoms with Crippen molar-refractivity contribution in [2.24, 2.45) is 0 Å². The van der Waals surface area contributed by atoms with Crippen LogP contribution in [0.15, 0.2) is 194 Å². The van der Waals surface area contributed by atoms with Gasteiger partial charge in [0.1, 0.15) is 11.5 Å². The Morgan fingerprint density at radius 2 is 0.653 bits per heavy atom. The van der Waals surface area contributed by atoms with Crippen molar-refractivity contribution in [3.05, 3.63) is 217 Å². The van der Waals surface area contributed by atoms with E-state index in [1.807, 2.05) is 97.1 Å². The standard InChI is InChI=1S/2C12H10O.2C11H9.Zr/c2*13-12-8-4-7-11(9-12)10-5-2-1-3-6-10;2*1-2-6-10(7-3-1)11-8-4-5-9-11;/h2*1-9,13H;2*1-4,6-8H,5H2;/q;;2*-1;+2. The van der Waals surface area contributed by atoms with Crippen molar-refractivity contribution < 1.29 is 36.4 Å². The van der Waals surface area contributed by atoms with E-state index in [2.05, 4.69) is 85.0 Å². The maximum atomic E-state index is 9.27. The van der Waals surface area contributed by atoms with Crippen molar-refractivity contribution in [1.82, 2.24) is 0 Å². The molecule has 49 heavy (non-hydrogen) atoms. The van der Waals surface area contributed by atoms with Crippen LogP contribution in [0.5, 0.6) is 11.5 Å². The molecule has 0 fully saturated rings. The number of allylic oxidation sites excluding steroid dienone is 8. The van der Waals surface area contributed by atoms with Crippen molar-refractivity contribution in [2.75, 3.05) is 0 Å². The van der Waals surface area contributed by atoms with E-state index in [0.717, 1.165) is 35.1 Å². The molecule has 3 heteroatoms. The molecule has 2 nitrogen and oxygen atoms in total. The van der Waals surface area contributed by atoms with Gasteiger partial charge in [0.15, 0.2) is 0 Å². The Kier molecular flexibility index (Phi) is 15.1. The molecule has 0 heterocycles. The van der Waals surface area contributed by atoms with Gasteiger partial charge in [0.2, 0.25) is 0 Å². The predicted molar refractivity (Wildman–Crippen MR) is 201 cm³/mol. The Morgan fingerprint density at radius 1 is 0.347 bits per heavy atom. The Morgan fingerprint density at radius 3 is 0.939 bits per heavy atom. The van der Waals surface area contributed by atoms with Crippen LogP contribution in [0.3, 0.4) is 0 Å². The first kappa shape index (κ1) is 36.6. The summed E-state index contributed by atoms with van der Waals surface area (Å²) in [4.78, 5) is 0. The van der Waals surface area contributed by atoms with E-state index in [4.69, 9.17) is 0 Å². The van der Waals surface area contributed by atoms with Crippen LogP contribution in [-0.2, 0) is 26.2 Å². The summed E-state index contributed by atoms with van der Waals surface area (Å²) in [5, 5.41) is 18.5. The number of benzene rings is 6. The molecule has 0 atom stereocenters. The van der Waals surface area contributed by atoms with Gasteiger partial charge in [0.05, 0.1) is 0 Å². The van der Waals surface area contributed by atoms with Gasteiger partial charge in [-0.25, -0.2) is 0 Å². The predicted octanol–water partition coefficient (Wildman–Crippen LogP) is 11.8. The zero-order chi connectivity index (χ0) is 33.2. The topological polar surface area (TPSA) is 40.5 Å². The normalized spacial score (nSPS) is 12.0. The van der Waals surface area contributed by atoms with Gasteiger partial charge in [-0.3, -0.25) is 0 Å². The van der Waals surface area contributed by atoms with Crippen LogP contribution in [0.4, 0.5) is 0 Å². The molecule has 6 aromatic rings. The second-order valence-electron chi connectivity index (χ2n) is 11.0. The summed E-state index contributed by atoms with van der Waals surface area (Å²) in [5.41, 5.74) is 9.32. The Balaban J connectivity index is 0.000000147. The minimum atomic E-state index is 0. The monoisotopic (exact) mass is 712 g/mol. The first-order valence-corrected chi connectivity index (χ1v) is 16.0. The van der Waals surface area contributed by atoms with Gasteiger partial charge in [-0.05, 0) is 46.5 Å². The third-order valence-corrected chi connectivity index (χ3v) is 7.47. The van der Waals surface area contributed by atoms with Gasteiger partial charge in [-0.2, -0.15) is 35.5 Å². The Labute approximate surface area is 309 Å². The Hall–Kier alpha value is -5.24. The average molecular weight is 714 g/mol. The van der Waals surface area contributed by atoms with Crippen molar-refractivity contribution in [2.45, 2.75) is 12.8 Å². The van der Waals surface area contributed by atoms with Crippen LogP contribution in [0, 0.1) is 12.2 Å². The fraction of sp³-hybridized carbons (Fsp3) is 0.0435. The second-order valence-corrected chi connectivity index (χ2v) is 11.0. The van der Waals surface area contributed by atoms with E-state index in [9.17, 15) is 10.2 Å². The molecule has 0 aromatic heterocycles. The number of hydrogen-bond donors (Lipinski definition) is 2. The Bertz CT molecular complexity index is 1810.